The van der Waals surface area contributed by atoms with Gasteiger partial charge in [-0.2, -0.15) is 0 Å². The number of hydrogen-bond donors (Lipinski definition) is 1. The average molecular weight is 237 g/mol. The molecule has 2 rings (SSSR count). The summed E-state index contributed by atoms with van der Waals surface area (Å²) >= 11 is 0. The lowest BCUT2D eigenvalue weighted by molar-refractivity contribution is 0.516. The molecule has 1 saturated heterocycles. The van der Waals surface area contributed by atoms with Gasteiger partial charge < -0.3 is 9.88 Å². The van der Waals surface area contributed by atoms with E-state index in [1.807, 2.05) is 0 Å². The Balaban J connectivity index is 2.15. The van der Waals surface area contributed by atoms with Crippen LogP contribution in [0, 0.1) is 5.92 Å². The van der Waals surface area contributed by atoms with Crippen LogP contribution in [0.5, 0.6) is 0 Å². The van der Waals surface area contributed by atoms with Crippen LogP contribution in [0.15, 0.2) is 15.7 Å². The molecule has 1 aromatic rings. The summed E-state index contributed by atoms with van der Waals surface area (Å²) in [5.74, 6) is 0.675. The fourth-order valence-corrected chi connectivity index (χ4v) is 2.33. The van der Waals surface area contributed by atoms with Crippen molar-refractivity contribution in [1.82, 2.24) is 14.5 Å². The van der Waals surface area contributed by atoms with Gasteiger partial charge in [0.25, 0.3) is 5.56 Å². The molecular weight excluding hydrogens is 218 g/mol. The summed E-state index contributed by atoms with van der Waals surface area (Å²) in [6, 6.07) is 1.57. The normalized spacial score (nSPS) is 19.8. The van der Waals surface area contributed by atoms with Crippen molar-refractivity contribution >= 4 is 0 Å². The smallest absolute Gasteiger partial charge is 0.316 e. The van der Waals surface area contributed by atoms with Crippen molar-refractivity contribution in [3.05, 3.63) is 32.6 Å². The van der Waals surface area contributed by atoms with E-state index in [1.165, 1.54) is 13.5 Å². The van der Waals surface area contributed by atoms with Gasteiger partial charge in [-0.15, -0.1) is 0 Å². The van der Waals surface area contributed by atoms with Gasteiger partial charge in [-0.25, -0.2) is 4.79 Å². The van der Waals surface area contributed by atoms with E-state index in [2.05, 4.69) is 5.32 Å². The highest BCUT2D eigenvalue weighted by atomic mass is 16.2. The van der Waals surface area contributed by atoms with E-state index in [0.717, 1.165) is 36.2 Å². The van der Waals surface area contributed by atoms with Crippen LogP contribution >= 0.6 is 0 Å². The summed E-state index contributed by atoms with van der Waals surface area (Å²) < 4.78 is 2.71. The zero-order valence-electron chi connectivity index (χ0n) is 10.4. The molecule has 1 atom stereocenters. The number of aromatic nitrogens is 2. The van der Waals surface area contributed by atoms with Crippen molar-refractivity contribution in [2.75, 3.05) is 13.1 Å². The molecule has 1 aliphatic heterocycles. The maximum atomic E-state index is 11.7. The van der Waals surface area contributed by atoms with Crippen molar-refractivity contribution in [2.45, 2.75) is 19.3 Å². The zero-order valence-corrected chi connectivity index (χ0v) is 10.4. The summed E-state index contributed by atoms with van der Waals surface area (Å²) in [6.45, 7) is 2.14. The second-order valence-electron chi connectivity index (χ2n) is 4.77. The molecule has 1 unspecified atom stereocenters. The number of nitrogens with one attached hydrogen (secondary N) is 1. The Morgan fingerprint density at radius 2 is 2.12 bits per heavy atom. The van der Waals surface area contributed by atoms with Crippen LogP contribution < -0.4 is 16.6 Å². The molecule has 5 nitrogen and oxygen atoms in total. The fraction of sp³-hybridized carbons (Fsp3) is 0.667. The largest absolute Gasteiger partial charge is 0.330 e. The first kappa shape index (κ1) is 12.1. The first-order chi connectivity index (χ1) is 8.09. The molecule has 94 valence electrons. The van der Waals surface area contributed by atoms with Crippen LogP contribution in [0.3, 0.4) is 0 Å². The quantitative estimate of drug-likeness (QED) is 0.780. The molecule has 0 aromatic carbocycles. The van der Waals surface area contributed by atoms with Gasteiger partial charge in [0.15, 0.2) is 0 Å². The molecule has 1 aliphatic rings. The lowest BCUT2D eigenvalue weighted by Crippen LogP contribution is -2.38. The summed E-state index contributed by atoms with van der Waals surface area (Å²) in [7, 11) is 3.24. The maximum Gasteiger partial charge on any atom is 0.330 e. The number of hydrogen-bond acceptors (Lipinski definition) is 3. The zero-order chi connectivity index (χ0) is 12.4. The van der Waals surface area contributed by atoms with Gasteiger partial charge in [-0.1, -0.05) is 0 Å². The van der Waals surface area contributed by atoms with Crippen LogP contribution in [0.4, 0.5) is 0 Å². The Hall–Kier alpha value is -1.36. The van der Waals surface area contributed by atoms with Crippen LogP contribution in [0.1, 0.15) is 18.5 Å². The molecule has 0 bridgehead atoms. The molecule has 0 saturated carbocycles. The van der Waals surface area contributed by atoms with Crippen molar-refractivity contribution in [1.29, 1.82) is 0 Å². The van der Waals surface area contributed by atoms with Crippen LogP contribution in [-0.2, 0) is 20.5 Å². The Bertz CT molecular complexity index is 509. The fourth-order valence-electron chi connectivity index (χ4n) is 2.33. The molecule has 17 heavy (non-hydrogen) atoms. The highest BCUT2D eigenvalue weighted by molar-refractivity contribution is 5.02. The van der Waals surface area contributed by atoms with Crippen LogP contribution in [-0.4, -0.2) is 22.2 Å². The molecule has 1 N–H and O–H groups in total. The van der Waals surface area contributed by atoms with E-state index < -0.39 is 0 Å². The molecule has 1 fully saturated rings. The SMILES string of the molecule is Cn1c(CCC2CCNC2)cc(=O)n(C)c1=O. The Morgan fingerprint density at radius 3 is 2.76 bits per heavy atom. The van der Waals surface area contributed by atoms with Crippen LogP contribution in [0.2, 0.25) is 0 Å². The van der Waals surface area contributed by atoms with Crippen LogP contribution in [0.25, 0.3) is 0 Å². The molecule has 0 radical (unpaired) electrons. The van der Waals surface area contributed by atoms with Gasteiger partial charge in [0, 0.05) is 25.9 Å². The number of rotatable bonds is 3. The molecule has 0 spiro atoms. The van der Waals surface area contributed by atoms with E-state index in [-0.39, 0.29) is 11.2 Å². The number of aryl methyl sites for hydroxylation is 1. The minimum atomic E-state index is -0.239. The minimum Gasteiger partial charge on any atom is -0.316 e. The first-order valence-corrected chi connectivity index (χ1v) is 6.06. The minimum absolute atomic E-state index is 0.215. The van der Waals surface area contributed by atoms with E-state index in [1.54, 1.807) is 17.7 Å². The monoisotopic (exact) mass is 237 g/mol. The molecule has 1 aromatic heterocycles. The van der Waals surface area contributed by atoms with Gasteiger partial charge in [0.2, 0.25) is 0 Å². The first-order valence-electron chi connectivity index (χ1n) is 6.06. The van der Waals surface area contributed by atoms with Crippen molar-refractivity contribution in [3.8, 4) is 0 Å². The third kappa shape index (κ3) is 2.49. The van der Waals surface area contributed by atoms with Crippen molar-refractivity contribution < 1.29 is 0 Å². The summed E-state index contributed by atoms with van der Waals surface area (Å²) in [5.41, 5.74) is 0.384. The highest BCUT2D eigenvalue weighted by Gasteiger charge is 2.15. The topological polar surface area (TPSA) is 56.0 Å². The van der Waals surface area contributed by atoms with E-state index >= 15 is 0 Å². The number of nitrogens with zero attached hydrogens (tertiary/aromatic N) is 2. The van der Waals surface area contributed by atoms with Gasteiger partial charge in [0.05, 0.1) is 0 Å². The van der Waals surface area contributed by atoms with Crippen molar-refractivity contribution in [3.63, 3.8) is 0 Å². The van der Waals surface area contributed by atoms with E-state index in [9.17, 15) is 9.59 Å². The Kier molecular flexibility index (Phi) is 3.47. The second kappa shape index (κ2) is 4.87. The predicted molar refractivity (Wildman–Crippen MR) is 66.2 cm³/mol. The second-order valence-corrected chi connectivity index (χ2v) is 4.77. The average Bonchev–Trinajstić information content (AvgIpc) is 2.82. The van der Waals surface area contributed by atoms with Gasteiger partial charge in [0.1, 0.15) is 0 Å². The Labute approximate surface area is 100 Å². The lowest BCUT2D eigenvalue weighted by atomic mass is 10.0. The molecular formula is C12H19N3O2. The third-order valence-electron chi connectivity index (χ3n) is 3.60. The van der Waals surface area contributed by atoms with E-state index in [4.69, 9.17) is 0 Å². The lowest BCUT2D eigenvalue weighted by Gasteiger charge is -2.11. The molecule has 2 heterocycles. The standard InChI is InChI=1S/C12H19N3O2/c1-14-10(4-3-9-5-6-13-8-9)7-11(16)15(2)12(14)17/h7,9,13H,3-6,8H2,1-2H3. The van der Waals surface area contributed by atoms with E-state index in [0.29, 0.717) is 5.92 Å². The summed E-state index contributed by atoms with van der Waals surface area (Å²) in [4.78, 5) is 23.3. The maximum absolute atomic E-state index is 11.7. The highest BCUT2D eigenvalue weighted by Crippen LogP contribution is 2.14. The van der Waals surface area contributed by atoms with Gasteiger partial charge in [-0.05, 0) is 38.3 Å². The summed E-state index contributed by atoms with van der Waals surface area (Å²) in [5, 5.41) is 3.32. The summed E-state index contributed by atoms with van der Waals surface area (Å²) in [6.07, 6.45) is 3.03. The van der Waals surface area contributed by atoms with Gasteiger partial charge >= 0.3 is 5.69 Å². The molecule has 0 amide bonds. The molecule has 5 heteroatoms. The van der Waals surface area contributed by atoms with Crippen molar-refractivity contribution in [2.24, 2.45) is 20.0 Å². The third-order valence-corrected chi connectivity index (χ3v) is 3.60. The Morgan fingerprint density at radius 1 is 1.35 bits per heavy atom. The molecule has 0 aliphatic carbocycles. The van der Waals surface area contributed by atoms with Gasteiger partial charge in [-0.3, -0.25) is 9.36 Å². The predicted octanol–water partition coefficient (Wildman–Crippen LogP) is -0.374.